The Morgan fingerprint density at radius 3 is 2.27 bits per heavy atom. The fourth-order valence-corrected chi connectivity index (χ4v) is 4.38. The fourth-order valence-electron chi connectivity index (χ4n) is 3.63. The normalized spacial score (nSPS) is 11.4. The number of anilines is 1. The molecule has 0 radical (unpaired) electrons. The van der Waals surface area contributed by atoms with E-state index in [1.165, 1.54) is 17.3 Å². The molecule has 1 aromatic heterocycles. The summed E-state index contributed by atoms with van der Waals surface area (Å²) in [6.07, 6.45) is 0. The van der Waals surface area contributed by atoms with Crippen molar-refractivity contribution in [3.63, 3.8) is 0 Å². The van der Waals surface area contributed by atoms with Gasteiger partial charge in [0.25, 0.3) is 0 Å². The number of carbonyl (C=O) groups is 1. The monoisotopic (exact) mass is 456 g/mol. The predicted molar refractivity (Wildman–Crippen MR) is 136 cm³/mol. The highest BCUT2D eigenvalue weighted by molar-refractivity contribution is 7.99. The van der Waals surface area contributed by atoms with Crippen LogP contribution in [0.15, 0.2) is 84.0 Å². The zero-order valence-corrected chi connectivity index (χ0v) is 20.2. The van der Waals surface area contributed by atoms with E-state index in [1.807, 2.05) is 53.1 Å². The van der Waals surface area contributed by atoms with Crippen LogP contribution in [0.1, 0.15) is 31.9 Å². The van der Waals surface area contributed by atoms with Gasteiger partial charge in [-0.15, -0.1) is 10.2 Å². The van der Waals surface area contributed by atoms with Crippen molar-refractivity contribution in [3.8, 4) is 17.1 Å². The molecule has 0 aliphatic carbocycles. The van der Waals surface area contributed by atoms with E-state index >= 15 is 0 Å². The first kappa shape index (κ1) is 22.8. The van der Waals surface area contributed by atoms with E-state index in [9.17, 15) is 4.79 Å². The Morgan fingerprint density at radius 2 is 1.58 bits per heavy atom. The van der Waals surface area contributed by atoms with Crippen LogP contribution in [0.3, 0.4) is 0 Å². The minimum atomic E-state index is -0.0728. The van der Waals surface area contributed by atoms with Gasteiger partial charge in [0.15, 0.2) is 11.0 Å². The van der Waals surface area contributed by atoms with Crippen molar-refractivity contribution in [2.75, 3.05) is 11.1 Å². The van der Waals surface area contributed by atoms with Crippen molar-refractivity contribution in [1.29, 1.82) is 0 Å². The van der Waals surface area contributed by atoms with Gasteiger partial charge in [-0.3, -0.25) is 9.36 Å². The molecular weight excluding hydrogens is 428 g/mol. The first-order valence-corrected chi connectivity index (χ1v) is 11.9. The van der Waals surface area contributed by atoms with Crippen LogP contribution >= 0.6 is 11.8 Å². The van der Waals surface area contributed by atoms with Gasteiger partial charge >= 0.3 is 0 Å². The SMILES string of the molecule is Cc1ccc(-n2c(SCC(=O)Nc3ccccc3C(C)(C)C)nnc2-c2ccccc2)cc1. The zero-order valence-electron chi connectivity index (χ0n) is 19.4. The number of nitrogens with zero attached hydrogens (tertiary/aromatic N) is 3. The number of aryl methyl sites for hydroxylation is 1. The lowest BCUT2D eigenvalue weighted by atomic mass is 9.86. The van der Waals surface area contributed by atoms with Gasteiger partial charge in [0.05, 0.1) is 5.75 Å². The summed E-state index contributed by atoms with van der Waals surface area (Å²) in [5.74, 6) is 0.911. The third-order valence-corrected chi connectivity index (χ3v) is 6.23. The van der Waals surface area contributed by atoms with E-state index in [4.69, 9.17) is 0 Å². The molecule has 1 N–H and O–H groups in total. The van der Waals surface area contributed by atoms with Gasteiger partial charge in [0.2, 0.25) is 5.91 Å². The van der Waals surface area contributed by atoms with Crippen molar-refractivity contribution in [3.05, 3.63) is 90.0 Å². The van der Waals surface area contributed by atoms with E-state index in [0.717, 1.165) is 28.3 Å². The van der Waals surface area contributed by atoms with Crippen LogP contribution in [-0.4, -0.2) is 26.4 Å². The lowest BCUT2D eigenvalue weighted by molar-refractivity contribution is -0.113. The number of para-hydroxylation sites is 1. The van der Waals surface area contributed by atoms with E-state index in [2.05, 4.69) is 73.5 Å². The maximum Gasteiger partial charge on any atom is 0.234 e. The summed E-state index contributed by atoms with van der Waals surface area (Å²) in [7, 11) is 0. The molecule has 0 aliphatic heterocycles. The average molecular weight is 457 g/mol. The summed E-state index contributed by atoms with van der Waals surface area (Å²) in [5.41, 5.74) is 5.01. The average Bonchev–Trinajstić information content (AvgIpc) is 3.22. The van der Waals surface area contributed by atoms with Crippen molar-refractivity contribution < 1.29 is 4.79 Å². The number of hydrogen-bond donors (Lipinski definition) is 1. The molecule has 0 saturated heterocycles. The number of hydrogen-bond acceptors (Lipinski definition) is 4. The van der Waals surface area contributed by atoms with Gasteiger partial charge in [0, 0.05) is 16.9 Å². The maximum atomic E-state index is 12.8. The molecule has 0 atom stereocenters. The first-order valence-electron chi connectivity index (χ1n) is 10.9. The molecule has 1 heterocycles. The number of carbonyl (C=O) groups excluding carboxylic acids is 1. The molecule has 0 fully saturated rings. The van der Waals surface area contributed by atoms with Gasteiger partial charge in [-0.05, 0) is 36.1 Å². The molecule has 6 heteroatoms. The largest absolute Gasteiger partial charge is 0.325 e. The van der Waals surface area contributed by atoms with E-state index in [-0.39, 0.29) is 17.1 Å². The van der Waals surface area contributed by atoms with Crippen LogP contribution in [-0.2, 0) is 10.2 Å². The topological polar surface area (TPSA) is 59.8 Å². The van der Waals surface area contributed by atoms with Gasteiger partial charge in [-0.25, -0.2) is 0 Å². The van der Waals surface area contributed by atoms with E-state index in [1.54, 1.807) is 0 Å². The molecular formula is C27H28N4OS. The van der Waals surface area contributed by atoms with Crippen molar-refractivity contribution in [2.24, 2.45) is 0 Å². The predicted octanol–water partition coefficient (Wildman–Crippen LogP) is 6.27. The Morgan fingerprint density at radius 1 is 0.909 bits per heavy atom. The summed E-state index contributed by atoms with van der Waals surface area (Å²) in [4.78, 5) is 12.8. The minimum Gasteiger partial charge on any atom is -0.325 e. The standard InChI is InChI=1S/C27H28N4OS/c1-19-14-16-21(17-15-19)31-25(20-10-6-5-7-11-20)29-30-26(31)33-18-24(32)28-23-13-9-8-12-22(23)27(2,3)4/h5-17H,18H2,1-4H3,(H,28,32). The third-order valence-electron chi connectivity index (χ3n) is 5.30. The second-order valence-corrected chi connectivity index (χ2v) is 9.92. The Hall–Kier alpha value is -3.38. The van der Waals surface area contributed by atoms with Crippen LogP contribution in [0.2, 0.25) is 0 Å². The second kappa shape index (κ2) is 9.63. The van der Waals surface area contributed by atoms with Crippen LogP contribution in [0.4, 0.5) is 5.69 Å². The Kier molecular flexibility index (Phi) is 6.65. The summed E-state index contributed by atoms with van der Waals surface area (Å²) < 4.78 is 2.01. The van der Waals surface area contributed by atoms with Crippen molar-refractivity contribution >= 4 is 23.4 Å². The number of rotatable bonds is 6. The molecule has 4 rings (SSSR count). The number of amides is 1. The van der Waals surface area contributed by atoms with Crippen LogP contribution in [0.25, 0.3) is 17.1 Å². The molecule has 3 aromatic carbocycles. The molecule has 33 heavy (non-hydrogen) atoms. The number of nitrogens with one attached hydrogen (secondary N) is 1. The Labute approximate surface area is 199 Å². The second-order valence-electron chi connectivity index (χ2n) is 8.98. The van der Waals surface area contributed by atoms with Crippen LogP contribution in [0.5, 0.6) is 0 Å². The number of thioether (sulfide) groups is 1. The number of benzene rings is 3. The maximum absolute atomic E-state index is 12.8. The lowest BCUT2D eigenvalue weighted by Crippen LogP contribution is -2.20. The third kappa shape index (κ3) is 5.34. The first-order chi connectivity index (χ1) is 15.8. The molecule has 0 saturated carbocycles. The summed E-state index contributed by atoms with van der Waals surface area (Å²) >= 11 is 1.38. The molecule has 1 amide bonds. The van der Waals surface area contributed by atoms with Crippen LogP contribution < -0.4 is 5.32 Å². The zero-order chi connectivity index (χ0) is 23.4. The highest BCUT2D eigenvalue weighted by atomic mass is 32.2. The van der Waals surface area contributed by atoms with Gasteiger partial charge in [-0.1, -0.05) is 98.8 Å². The summed E-state index contributed by atoms with van der Waals surface area (Å²) in [6, 6.07) is 26.1. The van der Waals surface area contributed by atoms with Gasteiger partial charge < -0.3 is 5.32 Å². The van der Waals surface area contributed by atoms with E-state index < -0.39 is 0 Å². The quantitative estimate of drug-likeness (QED) is 0.347. The molecule has 0 bridgehead atoms. The van der Waals surface area contributed by atoms with Crippen molar-refractivity contribution in [2.45, 2.75) is 38.3 Å². The fraction of sp³-hybridized carbons (Fsp3) is 0.222. The summed E-state index contributed by atoms with van der Waals surface area (Å²) in [5, 5.41) is 12.6. The molecule has 168 valence electrons. The molecule has 5 nitrogen and oxygen atoms in total. The highest BCUT2D eigenvalue weighted by Gasteiger charge is 2.20. The van der Waals surface area contributed by atoms with Crippen LogP contribution in [0, 0.1) is 6.92 Å². The summed E-state index contributed by atoms with van der Waals surface area (Å²) in [6.45, 7) is 8.48. The van der Waals surface area contributed by atoms with Crippen molar-refractivity contribution in [1.82, 2.24) is 14.8 Å². The smallest absolute Gasteiger partial charge is 0.234 e. The Balaban J connectivity index is 1.58. The Bertz CT molecular complexity index is 1240. The van der Waals surface area contributed by atoms with E-state index in [0.29, 0.717) is 5.16 Å². The van der Waals surface area contributed by atoms with Gasteiger partial charge in [-0.2, -0.15) is 0 Å². The minimum absolute atomic E-state index is 0.0623. The molecule has 0 aliphatic rings. The molecule has 0 spiro atoms. The lowest BCUT2D eigenvalue weighted by Gasteiger charge is -2.23. The molecule has 0 unspecified atom stereocenters. The molecule has 4 aromatic rings. The van der Waals surface area contributed by atoms with Gasteiger partial charge in [0.1, 0.15) is 0 Å². The highest BCUT2D eigenvalue weighted by Crippen LogP contribution is 2.31. The number of aromatic nitrogens is 3.